The van der Waals surface area contributed by atoms with Gasteiger partial charge in [0.1, 0.15) is 0 Å². The Bertz CT molecular complexity index is 1050. The summed E-state index contributed by atoms with van der Waals surface area (Å²) in [6.45, 7) is 1.77. The van der Waals surface area contributed by atoms with Gasteiger partial charge in [0.05, 0.1) is 24.6 Å². The van der Waals surface area contributed by atoms with E-state index in [9.17, 15) is 9.59 Å². The van der Waals surface area contributed by atoms with Crippen LogP contribution in [0.5, 0.6) is 0 Å². The Morgan fingerprint density at radius 1 is 1.00 bits per heavy atom. The molecule has 0 spiro atoms. The van der Waals surface area contributed by atoms with E-state index >= 15 is 0 Å². The molecule has 4 rings (SSSR count). The van der Waals surface area contributed by atoms with Crippen LogP contribution in [-0.2, 0) is 19.1 Å². The molecule has 1 aromatic heterocycles. The van der Waals surface area contributed by atoms with Gasteiger partial charge in [-0.05, 0) is 18.2 Å². The van der Waals surface area contributed by atoms with Crippen molar-refractivity contribution >= 4 is 18.0 Å². The normalized spacial score (nSPS) is 14.0. The number of amides is 1. The summed E-state index contributed by atoms with van der Waals surface area (Å²) in [5.41, 5.74) is 3.37. The number of para-hydroxylation sites is 1. The van der Waals surface area contributed by atoms with Gasteiger partial charge in [-0.25, -0.2) is 9.48 Å². The Labute approximate surface area is 180 Å². The number of ether oxygens (including phenoxy) is 2. The molecule has 7 heteroatoms. The molecule has 0 aliphatic carbocycles. The largest absolute Gasteiger partial charge is 0.452 e. The van der Waals surface area contributed by atoms with Crippen molar-refractivity contribution in [3.8, 4) is 16.9 Å². The lowest BCUT2D eigenvalue weighted by Crippen LogP contribution is -2.42. The zero-order chi connectivity index (χ0) is 21.5. The minimum absolute atomic E-state index is 0.216. The van der Waals surface area contributed by atoms with E-state index in [2.05, 4.69) is 0 Å². The van der Waals surface area contributed by atoms with Gasteiger partial charge in [0.25, 0.3) is 5.91 Å². The highest BCUT2D eigenvalue weighted by Crippen LogP contribution is 2.24. The van der Waals surface area contributed by atoms with Crippen molar-refractivity contribution in [1.82, 2.24) is 14.7 Å². The van der Waals surface area contributed by atoms with Crippen LogP contribution >= 0.6 is 0 Å². The van der Waals surface area contributed by atoms with Crippen LogP contribution in [0.15, 0.2) is 72.9 Å². The number of carbonyl (C=O) groups excluding carboxylic acids is 2. The first kappa shape index (κ1) is 20.6. The predicted molar refractivity (Wildman–Crippen MR) is 116 cm³/mol. The summed E-state index contributed by atoms with van der Waals surface area (Å²) in [5.74, 6) is -0.792. The minimum Gasteiger partial charge on any atom is -0.452 e. The molecule has 2 aromatic carbocycles. The number of rotatable bonds is 6. The molecular formula is C24H23N3O4. The molecule has 1 aliphatic rings. The van der Waals surface area contributed by atoms with E-state index in [0.29, 0.717) is 26.3 Å². The monoisotopic (exact) mass is 417 g/mol. The zero-order valence-electron chi connectivity index (χ0n) is 17.0. The van der Waals surface area contributed by atoms with Gasteiger partial charge < -0.3 is 14.4 Å². The summed E-state index contributed by atoms with van der Waals surface area (Å²) in [6, 6.07) is 19.5. The minimum atomic E-state index is -0.576. The van der Waals surface area contributed by atoms with E-state index in [0.717, 1.165) is 22.5 Å². The van der Waals surface area contributed by atoms with Gasteiger partial charge in [0.2, 0.25) is 0 Å². The van der Waals surface area contributed by atoms with E-state index in [-0.39, 0.29) is 12.5 Å². The second-order valence-electron chi connectivity index (χ2n) is 7.01. The first-order chi connectivity index (χ1) is 15.2. The third kappa shape index (κ3) is 5.26. The molecule has 0 atom stereocenters. The number of benzene rings is 2. The number of esters is 1. The lowest BCUT2D eigenvalue weighted by atomic mass is 10.1. The average Bonchev–Trinajstić information content (AvgIpc) is 3.27. The Balaban J connectivity index is 1.48. The van der Waals surface area contributed by atoms with E-state index in [1.807, 2.05) is 66.9 Å². The standard InChI is InChI=1S/C24H23N3O4/c28-22(26-13-15-30-16-14-26)18-31-23(29)12-11-20-17-27(21-9-5-2-6-10-21)25-24(20)19-7-3-1-4-8-19/h1-12,17H,13-16,18H2. The van der Waals surface area contributed by atoms with Crippen molar-refractivity contribution < 1.29 is 19.1 Å². The van der Waals surface area contributed by atoms with Gasteiger partial charge in [-0.2, -0.15) is 5.10 Å². The van der Waals surface area contributed by atoms with Gasteiger partial charge in [-0.1, -0.05) is 48.5 Å². The number of hydrogen-bond acceptors (Lipinski definition) is 5. The van der Waals surface area contributed by atoms with Crippen molar-refractivity contribution in [1.29, 1.82) is 0 Å². The van der Waals surface area contributed by atoms with Gasteiger partial charge in [0, 0.05) is 36.5 Å². The number of morpholine rings is 1. The summed E-state index contributed by atoms with van der Waals surface area (Å²) >= 11 is 0. The Hall–Kier alpha value is -3.71. The van der Waals surface area contributed by atoms with Crippen molar-refractivity contribution in [2.45, 2.75) is 0 Å². The van der Waals surface area contributed by atoms with Crippen LogP contribution in [0, 0.1) is 0 Å². The molecule has 3 aromatic rings. The number of nitrogens with zero attached hydrogens (tertiary/aromatic N) is 3. The Kier molecular flexibility index (Phi) is 6.54. The molecule has 158 valence electrons. The van der Waals surface area contributed by atoms with Crippen molar-refractivity contribution in [2.75, 3.05) is 32.9 Å². The first-order valence-electron chi connectivity index (χ1n) is 10.1. The average molecular weight is 417 g/mol. The van der Waals surface area contributed by atoms with E-state index < -0.39 is 5.97 Å². The number of carbonyl (C=O) groups is 2. The fourth-order valence-electron chi connectivity index (χ4n) is 3.29. The quantitative estimate of drug-likeness (QED) is 0.455. The zero-order valence-corrected chi connectivity index (χ0v) is 17.0. The molecule has 7 nitrogen and oxygen atoms in total. The molecule has 0 N–H and O–H groups in total. The first-order valence-corrected chi connectivity index (χ1v) is 10.1. The molecule has 1 saturated heterocycles. The van der Waals surface area contributed by atoms with Crippen LogP contribution < -0.4 is 0 Å². The third-order valence-corrected chi connectivity index (χ3v) is 4.91. The topological polar surface area (TPSA) is 73.7 Å². The van der Waals surface area contributed by atoms with E-state index in [4.69, 9.17) is 14.6 Å². The maximum Gasteiger partial charge on any atom is 0.331 e. The SMILES string of the molecule is O=C(C=Cc1cn(-c2ccccc2)nc1-c1ccccc1)OCC(=O)N1CCOCC1. The van der Waals surface area contributed by atoms with Gasteiger partial charge in [-0.3, -0.25) is 4.79 Å². The lowest BCUT2D eigenvalue weighted by molar-refractivity contribution is -0.150. The summed E-state index contributed by atoms with van der Waals surface area (Å²) in [5, 5.41) is 4.70. The molecule has 31 heavy (non-hydrogen) atoms. The van der Waals surface area contributed by atoms with Crippen LogP contribution in [0.25, 0.3) is 23.0 Å². The van der Waals surface area contributed by atoms with Crippen molar-refractivity contribution in [3.05, 3.63) is 78.5 Å². The van der Waals surface area contributed by atoms with Gasteiger partial charge >= 0.3 is 5.97 Å². The highest BCUT2D eigenvalue weighted by atomic mass is 16.5. The summed E-state index contributed by atoms with van der Waals surface area (Å²) < 4.78 is 12.1. The fraction of sp³-hybridized carbons (Fsp3) is 0.208. The highest BCUT2D eigenvalue weighted by molar-refractivity contribution is 5.90. The fourth-order valence-corrected chi connectivity index (χ4v) is 3.29. The molecular weight excluding hydrogens is 394 g/mol. The van der Waals surface area contributed by atoms with Crippen LogP contribution in [0.1, 0.15) is 5.56 Å². The molecule has 0 saturated carbocycles. The molecule has 0 bridgehead atoms. The smallest absolute Gasteiger partial charge is 0.331 e. The van der Waals surface area contributed by atoms with Gasteiger partial charge in [-0.15, -0.1) is 0 Å². The molecule has 1 fully saturated rings. The summed E-state index contributed by atoms with van der Waals surface area (Å²) in [4.78, 5) is 26.0. The number of hydrogen-bond donors (Lipinski definition) is 0. The van der Waals surface area contributed by atoms with Crippen molar-refractivity contribution in [2.24, 2.45) is 0 Å². The summed E-state index contributed by atoms with van der Waals surface area (Å²) in [6.07, 6.45) is 4.85. The van der Waals surface area contributed by atoms with Crippen LogP contribution in [0.2, 0.25) is 0 Å². The van der Waals surface area contributed by atoms with Crippen LogP contribution in [0.4, 0.5) is 0 Å². The molecule has 0 unspecified atom stereocenters. The van der Waals surface area contributed by atoms with E-state index in [1.54, 1.807) is 15.7 Å². The van der Waals surface area contributed by atoms with Crippen molar-refractivity contribution in [3.63, 3.8) is 0 Å². The predicted octanol–water partition coefficient (Wildman–Crippen LogP) is 2.95. The highest BCUT2D eigenvalue weighted by Gasteiger charge is 2.18. The molecule has 0 radical (unpaired) electrons. The Morgan fingerprint density at radius 2 is 1.68 bits per heavy atom. The second-order valence-corrected chi connectivity index (χ2v) is 7.01. The summed E-state index contributed by atoms with van der Waals surface area (Å²) in [7, 11) is 0. The lowest BCUT2D eigenvalue weighted by Gasteiger charge is -2.26. The van der Waals surface area contributed by atoms with Crippen LogP contribution in [0.3, 0.4) is 0 Å². The maximum absolute atomic E-state index is 12.2. The van der Waals surface area contributed by atoms with Crippen LogP contribution in [-0.4, -0.2) is 59.5 Å². The van der Waals surface area contributed by atoms with E-state index in [1.165, 1.54) is 6.08 Å². The Morgan fingerprint density at radius 3 is 2.39 bits per heavy atom. The maximum atomic E-state index is 12.2. The number of aromatic nitrogens is 2. The van der Waals surface area contributed by atoms with Gasteiger partial charge in [0.15, 0.2) is 6.61 Å². The molecule has 1 amide bonds. The second kappa shape index (κ2) is 9.86. The molecule has 1 aliphatic heterocycles. The third-order valence-electron chi connectivity index (χ3n) is 4.91. The molecule has 2 heterocycles.